The molecule has 1 aliphatic heterocycles. The second kappa shape index (κ2) is 8.74. The Labute approximate surface area is 168 Å². The van der Waals surface area contributed by atoms with E-state index in [4.69, 9.17) is 0 Å². The van der Waals surface area contributed by atoms with Crippen molar-refractivity contribution < 1.29 is 8.42 Å². The van der Waals surface area contributed by atoms with Gasteiger partial charge in [-0.3, -0.25) is 0 Å². The molecule has 1 aliphatic carbocycles. The van der Waals surface area contributed by atoms with Gasteiger partial charge in [-0.25, -0.2) is 13.1 Å². The third-order valence-electron chi connectivity index (χ3n) is 5.83. The summed E-state index contributed by atoms with van der Waals surface area (Å²) in [6.07, 6.45) is 3.50. The number of nitrogens with zero attached hydrogens (tertiary/aromatic N) is 1. The first-order valence-electron chi connectivity index (χ1n) is 10.2. The van der Waals surface area contributed by atoms with E-state index in [0.29, 0.717) is 29.4 Å². The molecule has 1 saturated carbocycles. The minimum Gasteiger partial charge on any atom is -0.311 e. The van der Waals surface area contributed by atoms with Gasteiger partial charge in [0.05, 0.1) is 4.90 Å². The van der Waals surface area contributed by atoms with E-state index in [1.54, 1.807) is 24.3 Å². The van der Waals surface area contributed by atoms with Crippen LogP contribution in [0.25, 0.3) is 0 Å². The molecule has 2 atom stereocenters. The zero-order valence-corrected chi connectivity index (χ0v) is 16.9. The summed E-state index contributed by atoms with van der Waals surface area (Å²) >= 11 is 0. The molecule has 5 nitrogen and oxygen atoms in total. The normalized spacial score (nSPS) is 23.6. The Morgan fingerprint density at radius 3 is 2.25 bits per heavy atom. The SMILES string of the molecule is O=S(=O)(NCCN1CCC(N[C@@H]2C[C@H]2c2ccccc2)CC1)c1ccccc1. The molecule has 2 aromatic rings. The van der Waals surface area contributed by atoms with Gasteiger partial charge in [-0.1, -0.05) is 48.5 Å². The average Bonchev–Trinajstić information content (AvgIpc) is 3.50. The van der Waals surface area contributed by atoms with Crippen molar-refractivity contribution in [2.45, 2.75) is 42.2 Å². The number of nitrogens with one attached hydrogen (secondary N) is 2. The summed E-state index contributed by atoms with van der Waals surface area (Å²) in [6, 6.07) is 20.5. The molecule has 2 aliphatic rings. The molecule has 0 bridgehead atoms. The Morgan fingerprint density at radius 1 is 0.929 bits per heavy atom. The number of rotatable bonds is 8. The second-order valence-corrected chi connectivity index (χ2v) is 9.62. The lowest BCUT2D eigenvalue weighted by Crippen LogP contribution is -2.45. The van der Waals surface area contributed by atoms with Gasteiger partial charge in [0, 0.05) is 31.1 Å². The van der Waals surface area contributed by atoms with Crippen molar-refractivity contribution in [1.82, 2.24) is 14.9 Å². The number of benzene rings is 2. The van der Waals surface area contributed by atoms with Gasteiger partial charge in [-0.15, -0.1) is 0 Å². The number of hydrogen-bond acceptors (Lipinski definition) is 4. The molecule has 1 saturated heterocycles. The smallest absolute Gasteiger partial charge is 0.240 e. The fraction of sp³-hybridized carbons (Fsp3) is 0.455. The molecular formula is C22H29N3O2S. The van der Waals surface area contributed by atoms with E-state index in [1.165, 1.54) is 12.0 Å². The molecule has 150 valence electrons. The van der Waals surface area contributed by atoms with Gasteiger partial charge in [0.2, 0.25) is 10.0 Å². The lowest BCUT2D eigenvalue weighted by atomic mass is 10.0. The van der Waals surface area contributed by atoms with E-state index >= 15 is 0 Å². The molecule has 2 aromatic carbocycles. The molecule has 0 radical (unpaired) electrons. The summed E-state index contributed by atoms with van der Waals surface area (Å²) in [7, 11) is -3.40. The van der Waals surface area contributed by atoms with Crippen molar-refractivity contribution in [1.29, 1.82) is 0 Å². The Balaban J connectivity index is 1.15. The quantitative estimate of drug-likeness (QED) is 0.716. The summed E-state index contributed by atoms with van der Waals surface area (Å²) in [6.45, 7) is 3.25. The standard InChI is InChI=1S/C22H29N3O2S/c26-28(27,20-9-5-2-6-10-20)23-13-16-25-14-11-19(12-15-25)24-22-17-21(22)18-7-3-1-4-8-18/h1-10,19,21-24H,11-17H2/t21-,22+/m0/s1. The molecular weight excluding hydrogens is 370 g/mol. The first-order chi connectivity index (χ1) is 13.6. The van der Waals surface area contributed by atoms with E-state index in [9.17, 15) is 8.42 Å². The molecule has 28 heavy (non-hydrogen) atoms. The number of likely N-dealkylation sites (tertiary alicyclic amines) is 1. The third kappa shape index (κ3) is 5.00. The van der Waals surface area contributed by atoms with Crippen molar-refractivity contribution >= 4 is 10.0 Å². The summed E-state index contributed by atoms with van der Waals surface area (Å²) in [4.78, 5) is 2.68. The fourth-order valence-electron chi connectivity index (χ4n) is 4.09. The van der Waals surface area contributed by atoms with Crippen molar-refractivity contribution in [2.24, 2.45) is 0 Å². The van der Waals surface area contributed by atoms with Gasteiger partial charge < -0.3 is 10.2 Å². The van der Waals surface area contributed by atoms with Crippen LogP contribution in [0.4, 0.5) is 0 Å². The van der Waals surface area contributed by atoms with Crippen LogP contribution in [0.3, 0.4) is 0 Å². The van der Waals surface area contributed by atoms with E-state index in [2.05, 4.69) is 45.3 Å². The van der Waals surface area contributed by atoms with Gasteiger partial charge >= 0.3 is 0 Å². The maximum atomic E-state index is 12.3. The number of piperidine rings is 1. The lowest BCUT2D eigenvalue weighted by molar-refractivity contribution is 0.200. The lowest BCUT2D eigenvalue weighted by Gasteiger charge is -2.32. The third-order valence-corrected chi connectivity index (χ3v) is 7.31. The van der Waals surface area contributed by atoms with Crippen molar-refractivity contribution in [3.8, 4) is 0 Å². The van der Waals surface area contributed by atoms with Crippen LogP contribution in [-0.4, -0.2) is 51.6 Å². The molecule has 2 N–H and O–H groups in total. The highest BCUT2D eigenvalue weighted by molar-refractivity contribution is 7.89. The zero-order chi connectivity index (χ0) is 19.4. The molecule has 0 amide bonds. The number of sulfonamides is 1. The predicted octanol–water partition coefficient (Wildman–Crippen LogP) is 2.58. The first-order valence-corrected chi connectivity index (χ1v) is 11.7. The van der Waals surface area contributed by atoms with Crippen LogP contribution in [0.2, 0.25) is 0 Å². The van der Waals surface area contributed by atoms with Gasteiger partial charge in [0.25, 0.3) is 0 Å². The van der Waals surface area contributed by atoms with Crippen LogP contribution in [0.15, 0.2) is 65.6 Å². The van der Waals surface area contributed by atoms with Crippen LogP contribution in [-0.2, 0) is 10.0 Å². The monoisotopic (exact) mass is 399 g/mol. The summed E-state index contributed by atoms with van der Waals surface area (Å²) in [5.74, 6) is 0.673. The molecule has 4 rings (SSSR count). The zero-order valence-electron chi connectivity index (χ0n) is 16.1. The van der Waals surface area contributed by atoms with Crippen molar-refractivity contribution in [2.75, 3.05) is 26.2 Å². The Kier molecular flexibility index (Phi) is 6.11. The predicted molar refractivity (Wildman–Crippen MR) is 112 cm³/mol. The van der Waals surface area contributed by atoms with E-state index in [-0.39, 0.29) is 0 Å². The van der Waals surface area contributed by atoms with Crippen LogP contribution < -0.4 is 10.0 Å². The van der Waals surface area contributed by atoms with Crippen molar-refractivity contribution in [3.63, 3.8) is 0 Å². The van der Waals surface area contributed by atoms with E-state index in [1.807, 2.05) is 6.07 Å². The molecule has 6 heteroatoms. The van der Waals surface area contributed by atoms with Crippen molar-refractivity contribution in [3.05, 3.63) is 66.2 Å². The molecule has 2 fully saturated rings. The Bertz CT molecular complexity index is 850. The van der Waals surface area contributed by atoms with Crippen LogP contribution >= 0.6 is 0 Å². The second-order valence-electron chi connectivity index (χ2n) is 7.85. The van der Waals surface area contributed by atoms with Gasteiger partial charge in [-0.2, -0.15) is 0 Å². The molecule has 0 aromatic heterocycles. The fourth-order valence-corrected chi connectivity index (χ4v) is 5.14. The molecule has 0 spiro atoms. The van der Waals surface area contributed by atoms with Crippen LogP contribution in [0.5, 0.6) is 0 Å². The minimum absolute atomic E-state index is 0.329. The largest absolute Gasteiger partial charge is 0.311 e. The molecule has 0 unspecified atom stereocenters. The van der Waals surface area contributed by atoms with Crippen LogP contribution in [0.1, 0.15) is 30.7 Å². The van der Waals surface area contributed by atoms with Gasteiger partial charge in [0.1, 0.15) is 0 Å². The van der Waals surface area contributed by atoms with Crippen LogP contribution in [0, 0.1) is 0 Å². The van der Waals surface area contributed by atoms with Gasteiger partial charge in [-0.05, 0) is 50.0 Å². The van der Waals surface area contributed by atoms with E-state index in [0.717, 1.165) is 32.5 Å². The average molecular weight is 400 g/mol. The molecule has 1 heterocycles. The van der Waals surface area contributed by atoms with Gasteiger partial charge in [0.15, 0.2) is 0 Å². The Hall–Kier alpha value is -1.73. The maximum Gasteiger partial charge on any atom is 0.240 e. The first kappa shape index (κ1) is 19.6. The highest BCUT2D eigenvalue weighted by Crippen LogP contribution is 2.41. The minimum atomic E-state index is -3.40. The maximum absolute atomic E-state index is 12.3. The topological polar surface area (TPSA) is 61.4 Å². The Morgan fingerprint density at radius 2 is 1.57 bits per heavy atom. The van der Waals surface area contributed by atoms with E-state index < -0.39 is 10.0 Å². The summed E-state index contributed by atoms with van der Waals surface area (Å²) < 4.78 is 27.2. The number of hydrogen-bond donors (Lipinski definition) is 2. The highest BCUT2D eigenvalue weighted by Gasteiger charge is 2.39. The highest BCUT2D eigenvalue weighted by atomic mass is 32.2. The summed E-state index contributed by atoms with van der Waals surface area (Å²) in [5, 5.41) is 3.83. The summed E-state index contributed by atoms with van der Waals surface area (Å²) in [5.41, 5.74) is 1.45.